The first-order chi connectivity index (χ1) is 9.15. The van der Waals surface area contributed by atoms with Crippen molar-refractivity contribution in [3.63, 3.8) is 0 Å². The van der Waals surface area contributed by atoms with Crippen molar-refractivity contribution >= 4 is 27.3 Å². The van der Waals surface area contributed by atoms with E-state index < -0.39 is 0 Å². The number of halogens is 1. The Morgan fingerprint density at radius 3 is 2.68 bits per heavy atom. The number of thiazole rings is 1. The lowest BCUT2D eigenvalue weighted by Gasteiger charge is -2.14. The van der Waals surface area contributed by atoms with Gasteiger partial charge >= 0.3 is 0 Å². The van der Waals surface area contributed by atoms with Crippen molar-refractivity contribution in [2.75, 3.05) is 6.54 Å². The lowest BCUT2D eigenvalue weighted by atomic mass is 10.2. The van der Waals surface area contributed by atoms with Gasteiger partial charge in [0.15, 0.2) is 0 Å². The number of rotatable bonds is 5. The van der Waals surface area contributed by atoms with E-state index in [-0.39, 0.29) is 6.04 Å². The minimum Gasteiger partial charge on any atom is -0.303 e. The molecule has 2 rings (SSSR count). The van der Waals surface area contributed by atoms with Gasteiger partial charge in [-0.05, 0) is 48.0 Å². The molecule has 0 saturated carbocycles. The molecule has 102 valence electrons. The monoisotopic (exact) mass is 339 g/mol. The predicted molar refractivity (Wildman–Crippen MR) is 83.7 cm³/mol. The fourth-order valence-electron chi connectivity index (χ4n) is 1.98. The van der Waals surface area contributed by atoms with Crippen LogP contribution in [0.15, 0.2) is 22.8 Å². The highest BCUT2D eigenvalue weighted by molar-refractivity contribution is 9.10. The summed E-state index contributed by atoms with van der Waals surface area (Å²) >= 11 is 5.18. The van der Waals surface area contributed by atoms with Crippen molar-refractivity contribution in [2.45, 2.75) is 33.2 Å². The maximum Gasteiger partial charge on any atom is 0.116 e. The molecular weight excluding hydrogens is 322 g/mol. The van der Waals surface area contributed by atoms with Gasteiger partial charge in [-0.2, -0.15) is 0 Å². The second-order valence-corrected chi connectivity index (χ2v) is 6.45. The van der Waals surface area contributed by atoms with Crippen LogP contribution < -0.4 is 5.32 Å². The molecule has 19 heavy (non-hydrogen) atoms. The van der Waals surface area contributed by atoms with Crippen molar-refractivity contribution < 1.29 is 0 Å². The summed E-state index contributed by atoms with van der Waals surface area (Å²) in [6, 6.07) is 4.15. The molecule has 5 heteroatoms. The third-order valence-electron chi connectivity index (χ3n) is 2.95. The van der Waals surface area contributed by atoms with E-state index in [1.165, 1.54) is 10.6 Å². The van der Waals surface area contributed by atoms with Crippen LogP contribution in [0.2, 0.25) is 0 Å². The van der Waals surface area contributed by atoms with Crippen LogP contribution in [-0.4, -0.2) is 16.5 Å². The fraction of sp³-hybridized carbons (Fsp3) is 0.429. The van der Waals surface area contributed by atoms with E-state index in [1.807, 2.05) is 18.3 Å². The lowest BCUT2D eigenvalue weighted by Crippen LogP contribution is -2.22. The summed E-state index contributed by atoms with van der Waals surface area (Å²) in [4.78, 5) is 10.5. The van der Waals surface area contributed by atoms with Gasteiger partial charge in [0.25, 0.3) is 0 Å². The van der Waals surface area contributed by atoms with Crippen LogP contribution >= 0.6 is 27.3 Å². The number of hydrogen-bond acceptors (Lipinski definition) is 4. The standard InChI is InChI=1S/C14H18BrN3S/c1-4-11-9(3)19-14(18-11)13(16-5-2)12-7-6-10(15)8-17-12/h6-8,13,16H,4-5H2,1-3H3. The molecule has 0 aliphatic heterocycles. The van der Waals surface area contributed by atoms with Crippen molar-refractivity contribution in [2.24, 2.45) is 0 Å². The zero-order valence-electron chi connectivity index (χ0n) is 11.4. The van der Waals surface area contributed by atoms with Crippen molar-refractivity contribution in [1.82, 2.24) is 15.3 Å². The van der Waals surface area contributed by atoms with Gasteiger partial charge < -0.3 is 5.32 Å². The van der Waals surface area contributed by atoms with Crippen molar-refractivity contribution in [1.29, 1.82) is 0 Å². The van der Waals surface area contributed by atoms with E-state index in [2.05, 4.69) is 47.0 Å². The largest absolute Gasteiger partial charge is 0.303 e. The number of hydrogen-bond donors (Lipinski definition) is 1. The summed E-state index contributed by atoms with van der Waals surface area (Å²) in [5.74, 6) is 0. The first kappa shape index (κ1) is 14.6. The van der Waals surface area contributed by atoms with Gasteiger partial charge in [-0.25, -0.2) is 4.98 Å². The predicted octanol–water partition coefficient (Wildman–Crippen LogP) is 3.87. The smallest absolute Gasteiger partial charge is 0.116 e. The topological polar surface area (TPSA) is 37.8 Å². The quantitative estimate of drug-likeness (QED) is 0.898. The van der Waals surface area contributed by atoms with E-state index in [4.69, 9.17) is 4.98 Å². The Morgan fingerprint density at radius 1 is 1.37 bits per heavy atom. The number of aryl methyl sites for hydroxylation is 2. The van der Waals surface area contributed by atoms with Crippen molar-refractivity contribution in [3.8, 4) is 0 Å². The zero-order chi connectivity index (χ0) is 13.8. The van der Waals surface area contributed by atoms with Crippen LogP contribution in [0.1, 0.15) is 41.2 Å². The van der Waals surface area contributed by atoms with E-state index in [0.717, 1.165) is 28.1 Å². The van der Waals surface area contributed by atoms with Gasteiger partial charge in [-0.15, -0.1) is 11.3 Å². The first-order valence-corrected chi connectivity index (χ1v) is 8.07. The molecule has 1 unspecified atom stereocenters. The van der Waals surface area contributed by atoms with E-state index in [1.54, 1.807) is 11.3 Å². The molecule has 3 nitrogen and oxygen atoms in total. The number of aromatic nitrogens is 2. The molecule has 2 aromatic heterocycles. The molecule has 0 aromatic carbocycles. The molecule has 0 aliphatic rings. The minimum absolute atomic E-state index is 0.0853. The summed E-state index contributed by atoms with van der Waals surface area (Å²) in [6.45, 7) is 7.28. The molecule has 2 heterocycles. The maximum atomic E-state index is 4.75. The second-order valence-electron chi connectivity index (χ2n) is 4.30. The van der Waals surface area contributed by atoms with Gasteiger partial charge in [-0.1, -0.05) is 13.8 Å². The molecule has 0 bridgehead atoms. The normalized spacial score (nSPS) is 12.6. The average molecular weight is 340 g/mol. The highest BCUT2D eigenvalue weighted by Crippen LogP contribution is 2.28. The summed E-state index contributed by atoms with van der Waals surface area (Å²) in [5, 5.41) is 4.57. The number of nitrogens with zero attached hydrogens (tertiary/aromatic N) is 2. The highest BCUT2D eigenvalue weighted by Gasteiger charge is 2.19. The van der Waals surface area contributed by atoms with E-state index in [9.17, 15) is 0 Å². The first-order valence-electron chi connectivity index (χ1n) is 6.46. The van der Waals surface area contributed by atoms with E-state index >= 15 is 0 Å². The Kier molecular flexibility index (Phi) is 5.07. The van der Waals surface area contributed by atoms with Gasteiger partial charge in [0, 0.05) is 15.5 Å². The molecule has 2 aromatic rings. The molecule has 0 saturated heterocycles. The summed E-state index contributed by atoms with van der Waals surface area (Å²) in [5.41, 5.74) is 2.21. The summed E-state index contributed by atoms with van der Waals surface area (Å²) in [7, 11) is 0. The second kappa shape index (κ2) is 6.59. The third kappa shape index (κ3) is 3.41. The highest BCUT2D eigenvalue weighted by atomic mass is 79.9. The van der Waals surface area contributed by atoms with Crippen molar-refractivity contribution in [3.05, 3.63) is 44.1 Å². The lowest BCUT2D eigenvalue weighted by molar-refractivity contribution is 0.610. The van der Waals surface area contributed by atoms with Gasteiger partial charge in [0.2, 0.25) is 0 Å². The molecule has 0 amide bonds. The maximum absolute atomic E-state index is 4.75. The van der Waals surface area contributed by atoms with Crippen LogP contribution in [-0.2, 0) is 6.42 Å². The van der Waals surface area contributed by atoms with Crippen LogP contribution in [0.4, 0.5) is 0 Å². The zero-order valence-corrected chi connectivity index (χ0v) is 13.8. The molecule has 0 radical (unpaired) electrons. The molecule has 1 atom stereocenters. The molecule has 0 spiro atoms. The summed E-state index contributed by atoms with van der Waals surface area (Å²) in [6.07, 6.45) is 2.82. The van der Waals surface area contributed by atoms with Crippen LogP contribution in [0.25, 0.3) is 0 Å². The third-order valence-corrected chi connectivity index (χ3v) is 4.49. The Balaban J connectivity index is 2.35. The minimum atomic E-state index is 0.0853. The number of nitrogens with one attached hydrogen (secondary N) is 1. The molecule has 1 N–H and O–H groups in total. The van der Waals surface area contributed by atoms with Gasteiger partial charge in [0.05, 0.1) is 11.4 Å². The number of pyridine rings is 1. The van der Waals surface area contributed by atoms with Crippen LogP contribution in [0.3, 0.4) is 0 Å². The average Bonchev–Trinajstić information content (AvgIpc) is 2.78. The fourth-order valence-corrected chi connectivity index (χ4v) is 3.32. The molecule has 0 fully saturated rings. The molecule has 0 aliphatic carbocycles. The Morgan fingerprint density at radius 2 is 2.16 bits per heavy atom. The Hall–Kier alpha value is -0.780. The Bertz CT molecular complexity index is 536. The van der Waals surface area contributed by atoms with Gasteiger partial charge in [-0.3, -0.25) is 4.98 Å². The van der Waals surface area contributed by atoms with Gasteiger partial charge in [0.1, 0.15) is 11.0 Å². The van der Waals surface area contributed by atoms with Crippen LogP contribution in [0, 0.1) is 6.92 Å². The van der Waals surface area contributed by atoms with Crippen LogP contribution in [0.5, 0.6) is 0 Å². The SMILES string of the molecule is CCNC(c1ccc(Br)cn1)c1nc(CC)c(C)s1. The van der Waals surface area contributed by atoms with E-state index in [0.29, 0.717) is 0 Å². The summed E-state index contributed by atoms with van der Waals surface area (Å²) < 4.78 is 0.996. The molecular formula is C14H18BrN3S. The Labute approximate surface area is 126 Å².